The quantitative estimate of drug-likeness (QED) is 0.627. The van der Waals surface area contributed by atoms with Crippen molar-refractivity contribution in [3.8, 4) is 0 Å². The summed E-state index contributed by atoms with van der Waals surface area (Å²) in [5.41, 5.74) is 3.70. The summed E-state index contributed by atoms with van der Waals surface area (Å²) in [6.45, 7) is 6.02. The van der Waals surface area contributed by atoms with Gasteiger partial charge in [-0.1, -0.05) is 17.7 Å². The molecule has 1 N–H and O–H groups in total. The van der Waals surface area contributed by atoms with Crippen LogP contribution in [0.4, 0.5) is 10.1 Å². The number of aryl methyl sites for hydroxylation is 2. The van der Waals surface area contributed by atoms with E-state index in [2.05, 4.69) is 31.4 Å². The Labute approximate surface area is 169 Å². The number of carbonyl (C=O) groups excluding carboxylic acids is 1. The van der Waals surface area contributed by atoms with Crippen LogP contribution in [0.2, 0.25) is 5.02 Å². The molecule has 0 radical (unpaired) electrons. The molecule has 27 heavy (non-hydrogen) atoms. The minimum atomic E-state index is -0.384. The average molecular weight is 455 g/mol. The normalized spacial score (nSPS) is 11.0. The van der Waals surface area contributed by atoms with Crippen LogP contribution in [0.15, 0.2) is 28.9 Å². The maximum absolute atomic E-state index is 13.2. The highest BCUT2D eigenvalue weighted by molar-refractivity contribution is 9.10. The molecule has 1 aromatic carbocycles. The van der Waals surface area contributed by atoms with Gasteiger partial charge in [-0.2, -0.15) is 10.2 Å². The van der Waals surface area contributed by atoms with Gasteiger partial charge in [0.2, 0.25) is 5.91 Å². The van der Waals surface area contributed by atoms with E-state index in [1.54, 1.807) is 21.6 Å². The predicted octanol–water partition coefficient (Wildman–Crippen LogP) is 4.25. The molecule has 9 heteroatoms. The van der Waals surface area contributed by atoms with E-state index in [9.17, 15) is 9.18 Å². The summed E-state index contributed by atoms with van der Waals surface area (Å²) in [6.07, 6.45) is 1.76. The molecule has 0 aliphatic heterocycles. The van der Waals surface area contributed by atoms with Crippen molar-refractivity contribution in [3.63, 3.8) is 0 Å². The molecule has 3 aromatic rings. The summed E-state index contributed by atoms with van der Waals surface area (Å²) < 4.78 is 17.4. The van der Waals surface area contributed by atoms with Crippen molar-refractivity contribution < 1.29 is 9.18 Å². The van der Waals surface area contributed by atoms with Crippen molar-refractivity contribution in [1.29, 1.82) is 0 Å². The van der Waals surface area contributed by atoms with Crippen LogP contribution in [0.5, 0.6) is 0 Å². The predicted molar refractivity (Wildman–Crippen MR) is 106 cm³/mol. The highest BCUT2D eigenvalue weighted by atomic mass is 79.9. The van der Waals surface area contributed by atoms with Gasteiger partial charge < -0.3 is 5.32 Å². The zero-order valence-electron chi connectivity index (χ0n) is 15.1. The van der Waals surface area contributed by atoms with Crippen molar-refractivity contribution in [2.24, 2.45) is 0 Å². The molecule has 0 saturated carbocycles. The van der Waals surface area contributed by atoms with E-state index in [-0.39, 0.29) is 18.3 Å². The van der Waals surface area contributed by atoms with Crippen LogP contribution in [-0.2, 0) is 17.9 Å². The van der Waals surface area contributed by atoms with Gasteiger partial charge in [0, 0.05) is 11.2 Å². The van der Waals surface area contributed by atoms with Gasteiger partial charge in [-0.05, 0) is 54.4 Å². The zero-order valence-corrected chi connectivity index (χ0v) is 17.4. The van der Waals surface area contributed by atoms with E-state index < -0.39 is 0 Å². The highest BCUT2D eigenvalue weighted by Crippen LogP contribution is 2.23. The third-order valence-corrected chi connectivity index (χ3v) is 5.30. The van der Waals surface area contributed by atoms with E-state index in [1.165, 1.54) is 12.1 Å². The van der Waals surface area contributed by atoms with Crippen LogP contribution in [0.3, 0.4) is 0 Å². The van der Waals surface area contributed by atoms with Crippen molar-refractivity contribution in [1.82, 2.24) is 19.6 Å². The summed E-state index contributed by atoms with van der Waals surface area (Å²) in [5, 5.41) is 12.0. The van der Waals surface area contributed by atoms with Crippen LogP contribution in [-0.4, -0.2) is 25.5 Å². The van der Waals surface area contributed by atoms with Crippen molar-refractivity contribution in [3.05, 3.63) is 62.4 Å². The van der Waals surface area contributed by atoms with Gasteiger partial charge in [-0.25, -0.2) is 4.39 Å². The first-order valence-corrected chi connectivity index (χ1v) is 9.39. The molecule has 142 valence electrons. The number of amides is 1. The number of nitrogens with zero attached hydrogens (tertiary/aromatic N) is 4. The van der Waals surface area contributed by atoms with Gasteiger partial charge in [0.05, 0.1) is 33.8 Å². The molecule has 0 saturated heterocycles. The number of halogens is 3. The molecule has 0 atom stereocenters. The van der Waals surface area contributed by atoms with Crippen LogP contribution in [0.1, 0.15) is 22.6 Å². The number of aromatic nitrogens is 4. The van der Waals surface area contributed by atoms with Gasteiger partial charge in [0.1, 0.15) is 12.4 Å². The van der Waals surface area contributed by atoms with E-state index in [4.69, 9.17) is 11.6 Å². The SMILES string of the molecule is Cc1nn(CC(=O)Nc2c(C)nn(Cc3ccc(F)cc3Cl)c2C)cc1Br. The monoisotopic (exact) mass is 453 g/mol. The van der Waals surface area contributed by atoms with Crippen LogP contribution < -0.4 is 5.32 Å². The third kappa shape index (κ3) is 4.39. The minimum Gasteiger partial charge on any atom is -0.321 e. The summed E-state index contributed by atoms with van der Waals surface area (Å²) in [7, 11) is 0. The molecule has 2 heterocycles. The van der Waals surface area contributed by atoms with Gasteiger partial charge in [-0.3, -0.25) is 14.2 Å². The minimum absolute atomic E-state index is 0.0975. The Balaban J connectivity index is 1.75. The molecule has 0 fully saturated rings. The van der Waals surface area contributed by atoms with Gasteiger partial charge in [0.15, 0.2) is 0 Å². The molecule has 0 spiro atoms. The Morgan fingerprint density at radius 1 is 1.26 bits per heavy atom. The number of nitrogens with one attached hydrogen (secondary N) is 1. The number of hydrogen-bond donors (Lipinski definition) is 1. The standard InChI is InChI=1S/C18H18BrClFN5O/c1-10-15(19)8-25(23-10)9-17(27)22-18-11(2)24-26(12(18)3)7-13-4-5-14(21)6-16(13)20/h4-6,8H,7,9H2,1-3H3,(H,22,27). The lowest BCUT2D eigenvalue weighted by Crippen LogP contribution is -2.20. The van der Waals surface area contributed by atoms with Crippen molar-refractivity contribution in [2.75, 3.05) is 5.32 Å². The number of hydrogen-bond acceptors (Lipinski definition) is 3. The topological polar surface area (TPSA) is 64.7 Å². The average Bonchev–Trinajstić information content (AvgIpc) is 3.03. The maximum atomic E-state index is 13.2. The summed E-state index contributed by atoms with van der Waals surface area (Å²) in [6, 6.07) is 4.26. The lowest BCUT2D eigenvalue weighted by Gasteiger charge is -2.09. The first-order chi connectivity index (χ1) is 12.7. The second kappa shape index (κ2) is 7.82. The summed E-state index contributed by atoms with van der Waals surface area (Å²) in [4.78, 5) is 12.4. The molecule has 0 aliphatic rings. The Morgan fingerprint density at radius 3 is 2.63 bits per heavy atom. The Morgan fingerprint density at radius 2 is 2.00 bits per heavy atom. The first-order valence-electron chi connectivity index (χ1n) is 8.22. The molecule has 0 aliphatic carbocycles. The third-order valence-electron chi connectivity index (χ3n) is 4.17. The van der Waals surface area contributed by atoms with Gasteiger partial charge >= 0.3 is 0 Å². The van der Waals surface area contributed by atoms with Crippen LogP contribution >= 0.6 is 27.5 Å². The summed E-state index contributed by atoms with van der Waals surface area (Å²) >= 11 is 9.48. The molecular formula is C18H18BrClFN5O. The number of benzene rings is 1. The lowest BCUT2D eigenvalue weighted by atomic mass is 10.2. The molecule has 1 amide bonds. The molecular weight excluding hydrogens is 437 g/mol. The molecule has 6 nitrogen and oxygen atoms in total. The molecule has 3 rings (SSSR count). The fraction of sp³-hybridized carbons (Fsp3) is 0.278. The second-order valence-corrected chi connectivity index (χ2v) is 7.51. The van der Waals surface area contributed by atoms with E-state index in [0.717, 1.165) is 21.4 Å². The molecule has 0 bridgehead atoms. The van der Waals surface area contributed by atoms with E-state index in [0.29, 0.717) is 22.9 Å². The second-order valence-electron chi connectivity index (χ2n) is 6.25. The fourth-order valence-electron chi connectivity index (χ4n) is 2.74. The Kier molecular flexibility index (Phi) is 5.67. The van der Waals surface area contributed by atoms with E-state index >= 15 is 0 Å². The number of anilines is 1. The van der Waals surface area contributed by atoms with Crippen LogP contribution in [0.25, 0.3) is 0 Å². The highest BCUT2D eigenvalue weighted by Gasteiger charge is 2.16. The Hall–Kier alpha value is -2.19. The Bertz CT molecular complexity index is 994. The largest absolute Gasteiger partial charge is 0.321 e. The van der Waals surface area contributed by atoms with Gasteiger partial charge in [0.25, 0.3) is 0 Å². The van der Waals surface area contributed by atoms with Crippen molar-refractivity contribution >= 4 is 39.1 Å². The van der Waals surface area contributed by atoms with E-state index in [1.807, 2.05) is 20.8 Å². The zero-order chi connectivity index (χ0) is 19.7. The van der Waals surface area contributed by atoms with Crippen LogP contribution in [0, 0.1) is 26.6 Å². The summed E-state index contributed by atoms with van der Waals surface area (Å²) in [5.74, 6) is -0.582. The maximum Gasteiger partial charge on any atom is 0.246 e. The number of rotatable bonds is 5. The lowest BCUT2D eigenvalue weighted by molar-refractivity contribution is -0.116. The number of carbonyl (C=O) groups is 1. The van der Waals surface area contributed by atoms with Crippen molar-refractivity contribution in [2.45, 2.75) is 33.9 Å². The molecule has 0 unspecified atom stereocenters. The fourth-order valence-corrected chi connectivity index (χ4v) is 3.29. The smallest absolute Gasteiger partial charge is 0.246 e. The molecule has 2 aromatic heterocycles. The van der Waals surface area contributed by atoms with Gasteiger partial charge in [-0.15, -0.1) is 0 Å². The first kappa shape index (κ1) is 19.6.